The number of nitrogens with zero attached hydrogens (tertiary/aromatic N) is 6. The maximum absolute atomic E-state index is 14.0. The van der Waals surface area contributed by atoms with Gasteiger partial charge >= 0.3 is 12.2 Å². The quantitative estimate of drug-likeness (QED) is 0.354. The number of amides is 3. The molecule has 15 heteroatoms. The van der Waals surface area contributed by atoms with E-state index in [0.717, 1.165) is 18.2 Å². The standard InChI is InChI=1S/C32H39F3N8O3S/c1-5-8-36-31(46)39-27-16-21(29-38-26(19-47-29)32(33,34)35)23(17-37-27)20-6-7-25-22(15-20)28(44)24(18-43(25)12-9-40(2)3)30(45)42-13-10-41(4)11-14-42/h6-7,15-18,26H,5,8-14,19H2,1-4H3,(H2,36,37,39,46). The lowest BCUT2D eigenvalue weighted by Crippen LogP contribution is -2.48. The Balaban J connectivity index is 1.62. The molecule has 2 aliphatic rings. The molecule has 1 fully saturated rings. The third-order valence-corrected chi connectivity index (χ3v) is 9.22. The summed E-state index contributed by atoms with van der Waals surface area (Å²) in [5, 5.41) is 5.78. The van der Waals surface area contributed by atoms with Crippen molar-refractivity contribution in [3.05, 3.63) is 58.0 Å². The largest absolute Gasteiger partial charge is 0.411 e. The Morgan fingerprint density at radius 1 is 1.11 bits per heavy atom. The second kappa shape index (κ2) is 14.4. The van der Waals surface area contributed by atoms with Crippen molar-refractivity contribution >= 4 is 45.5 Å². The molecule has 2 N–H and O–H groups in total. The maximum Gasteiger partial charge on any atom is 0.411 e. The van der Waals surface area contributed by atoms with E-state index >= 15 is 0 Å². The molecule has 3 aromatic rings. The molecule has 1 saturated heterocycles. The SMILES string of the molecule is CCCNC(=O)Nc1cc(C2=NC(C(F)(F)F)CS2)c(-c2ccc3c(c2)c(=O)c(C(=O)N2CCN(C)CC2)cn3CCN(C)C)cn1. The van der Waals surface area contributed by atoms with E-state index in [9.17, 15) is 27.6 Å². The van der Waals surface area contributed by atoms with Crippen molar-refractivity contribution < 1.29 is 22.8 Å². The van der Waals surface area contributed by atoms with Gasteiger partial charge in [-0.1, -0.05) is 13.0 Å². The average Bonchev–Trinajstić information content (AvgIpc) is 3.55. The number of piperazine rings is 1. The van der Waals surface area contributed by atoms with Crippen LogP contribution in [-0.4, -0.2) is 120 Å². The van der Waals surface area contributed by atoms with Crippen LogP contribution in [0, 0.1) is 0 Å². The van der Waals surface area contributed by atoms with E-state index in [0.29, 0.717) is 73.4 Å². The summed E-state index contributed by atoms with van der Waals surface area (Å²) in [5.74, 6) is -0.460. The van der Waals surface area contributed by atoms with Gasteiger partial charge in [-0.3, -0.25) is 19.9 Å². The van der Waals surface area contributed by atoms with Crippen LogP contribution in [-0.2, 0) is 6.54 Å². The van der Waals surface area contributed by atoms with E-state index in [1.807, 2.05) is 37.5 Å². The van der Waals surface area contributed by atoms with Crippen molar-refractivity contribution in [2.75, 3.05) is 71.5 Å². The molecule has 2 aliphatic heterocycles. The van der Waals surface area contributed by atoms with Crippen LogP contribution >= 0.6 is 11.8 Å². The summed E-state index contributed by atoms with van der Waals surface area (Å²) in [4.78, 5) is 54.2. The summed E-state index contributed by atoms with van der Waals surface area (Å²) in [7, 11) is 5.86. The van der Waals surface area contributed by atoms with Crippen LogP contribution in [0.1, 0.15) is 29.3 Å². The number of fused-ring (bicyclic) bond motifs is 1. The fraction of sp³-hybridized carbons (Fsp3) is 0.469. The average molecular weight is 673 g/mol. The number of carbonyl (C=O) groups excluding carboxylic acids is 2. The van der Waals surface area contributed by atoms with Gasteiger partial charge in [0.25, 0.3) is 5.91 Å². The summed E-state index contributed by atoms with van der Waals surface area (Å²) >= 11 is 0.971. The minimum atomic E-state index is -4.50. The number of carbonyl (C=O) groups is 2. The Labute approximate surface area is 275 Å². The van der Waals surface area contributed by atoms with Crippen molar-refractivity contribution in [3.8, 4) is 11.1 Å². The van der Waals surface area contributed by atoms with E-state index in [2.05, 4.69) is 25.5 Å². The summed E-state index contributed by atoms with van der Waals surface area (Å²) in [6.45, 7) is 5.95. The van der Waals surface area contributed by atoms with Crippen LogP contribution in [0.15, 0.2) is 46.4 Å². The van der Waals surface area contributed by atoms with E-state index in [-0.39, 0.29) is 28.1 Å². The molecule has 0 aliphatic carbocycles. The fourth-order valence-corrected chi connectivity index (χ4v) is 6.51. The lowest BCUT2D eigenvalue weighted by Gasteiger charge is -2.32. The maximum atomic E-state index is 14.0. The van der Waals surface area contributed by atoms with Crippen LogP contribution in [0.5, 0.6) is 0 Å². The van der Waals surface area contributed by atoms with E-state index in [1.165, 1.54) is 12.3 Å². The number of hydrogen-bond donors (Lipinski definition) is 2. The first-order valence-electron chi connectivity index (χ1n) is 15.5. The van der Waals surface area contributed by atoms with Crippen LogP contribution in [0.3, 0.4) is 0 Å². The van der Waals surface area contributed by atoms with Crippen molar-refractivity contribution in [3.63, 3.8) is 0 Å². The Bertz CT molecular complexity index is 1730. The predicted octanol–water partition coefficient (Wildman–Crippen LogP) is 3.97. The number of benzene rings is 1. The highest BCUT2D eigenvalue weighted by molar-refractivity contribution is 8.14. The molecule has 5 rings (SSSR count). The van der Waals surface area contributed by atoms with Gasteiger partial charge in [-0.15, -0.1) is 11.8 Å². The molecular formula is C32H39F3N8O3S. The van der Waals surface area contributed by atoms with Crippen LogP contribution < -0.4 is 16.1 Å². The Morgan fingerprint density at radius 2 is 1.85 bits per heavy atom. The fourth-order valence-electron chi connectivity index (χ4n) is 5.41. The summed E-state index contributed by atoms with van der Waals surface area (Å²) in [6.07, 6.45) is -0.693. The second-order valence-electron chi connectivity index (χ2n) is 12.0. The highest BCUT2D eigenvalue weighted by Crippen LogP contribution is 2.37. The van der Waals surface area contributed by atoms with Gasteiger partial charge in [0.1, 0.15) is 11.4 Å². The third-order valence-electron chi connectivity index (χ3n) is 8.14. The summed E-state index contributed by atoms with van der Waals surface area (Å²) in [5.41, 5.74) is 1.58. The number of hydrogen-bond acceptors (Lipinski definition) is 8. The molecular weight excluding hydrogens is 633 g/mol. The van der Waals surface area contributed by atoms with Gasteiger partial charge in [-0.25, -0.2) is 9.78 Å². The first kappa shape index (κ1) is 34.4. The zero-order valence-corrected chi connectivity index (χ0v) is 27.7. The number of anilines is 1. The van der Waals surface area contributed by atoms with Crippen LogP contribution in [0.25, 0.3) is 22.0 Å². The molecule has 2 aromatic heterocycles. The molecule has 1 unspecified atom stereocenters. The molecule has 3 amide bonds. The monoisotopic (exact) mass is 672 g/mol. The number of aromatic nitrogens is 2. The normalized spacial score (nSPS) is 17.3. The molecule has 0 radical (unpaired) electrons. The molecule has 1 aromatic carbocycles. The lowest BCUT2D eigenvalue weighted by molar-refractivity contribution is -0.141. The smallest absolute Gasteiger partial charge is 0.345 e. The minimum Gasteiger partial charge on any atom is -0.345 e. The van der Waals surface area contributed by atoms with Crippen molar-refractivity contribution in [1.29, 1.82) is 0 Å². The van der Waals surface area contributed by atoms with Crippen molar-refractivity contribution in [2.24, 2.45) is 4.99 Å². The number of urea groups is 1. The Hall–Kier alpha value is -3.95. The third kappa shape index (κ3) is 7.96. The Kier molecular flexibility index (Phi) is 10.6. The molecule has 252 valence electrons. The number of aliphatic imine (C=N–C) groups is 1. The number of likely N-dealkylation sites (N-methyl/N-ethyl adjacent to an activating group) is 2. The Morgan fingerprint density at radius 3 is 2.51 bits per heavy atom. The predicted molar refractivity (Wildman–Crippen MR) is 180 cm³/mol. The topological polar surface area (TPSA) is 115 Å². The number of rotatable bonds is 9. The highest BCUT2D eigenvalue weighted by atomic mass is 32.2. The zero-order chi connectivity index (χ0) is 33.9. The van der Waals surface area contributed by atoms with Gasteiger partial charge in [0.15, 0.2) is 6.04 Å². The lowest BCUT2D eigenvalue weighted by atomic mass is 9.99. The van der Waals surface area contributed by atoms with Gasteiger partial charge < -0.3 is 24.6 Å². The number of pyridine rings is 2. The second-order valence-corrected chi connectivity index (χ2v) is 13.0. The first-order chi connectivity index (χ1) is 22.3. The molecule has 0 spiro atoms. The molecule has 1 atom stereocenters. The molecule has 4 heterocycles. The van der Waals surface area contributed by atoms with Gasteiger partial charge in [-0.2, -0.15) is 13.2 Å². The van der Waals surface area contributed by atoms with E-state index in [4.69, 9.17) is 0 Å². The number of alkyl halides is 3. The van der Waals surface area contributed by atoms with Crippen molar-refractivity contribution in [2.45, 2.75) is 32.1 Å². The van der Waals surface area contributed by atoms with E-state index < -0.39 is 23.7 Å². The number of thioether (sulfide) groups is 1. The van der Waals surface area contributed by atoms with Gasteiger partial charge in [-0.05, 0) is 51.3 Å². The summed E-state index contributed by atoms with van der Waals surface area (Å²) < 4.78 is 42.7. The van der Waals surface area contributed by atoms with Gasteiger partial charge in [0, 0.05) is 80.5 Å². The van der Waals surface area contributed by atoms with Gasteiger partial charge in [0.2, 0.25) is 5.43 Å². The number of nitrogens with one attached hydrogen (secondary N) is 2. The van der Waals surface area contributed by atoms with Crippen LogP contribution in [0.4, 0.5) is 23.8 Å². The number of halogens is 3. The van der Waals surface area contributed by atoms with E-state index in [1.54, 1.807) is 29.3 Å². The van der Waals surface area contributed by atoms with Crippen LogP contribution in [0.2, 0.25) is 0 Å². The molecule has 11 nitrogen and oxygen atoms in total. The first-order valence-corrected chi connectivity index (χ1v) is 16.5. The molecule has 0 saturated carbocycles. The zero-order valence-electron chi connectivity index (χ0n) is 26.9. The molecule has 0 bridgehead atoms. The highest BCUT2D eigenvalue weighted by Gasteiger charge is 2.43. The summed E-state index contributed by atoms with van der Waals surface area (Å²) in [6, 6.07) is 4.36. The molecule has 47 heavy (non-hydrogen) atoms. The van der Waals surface area contributed by atoms with Gasteiger partial charge in [0.05, 0.1) is 10.6 Å². The van der Waals surface area contributed by atoms with Crippen molar-refractivity contribution in [1.82, 2.24) is 29.6 Å². The minimum absolute atomic E-state index is 0.0673.